The van der Waals surface area contributed by atoms with Crippen molar-refractivity contribution in [1.29, 1.82) is 0 Å². The fourth-order valence-electron chi connectivity index (χ4n) is 4.97. The lowest BCUT2D eigenvalue weighted by Crippen LogP contribution is -2.43. The van der Waals surface area contributed by atoms with Gasteiger partial charge in [0.05, 0.1) is 17.9 Å². The Bertz CT molecular complexity index is 1530. The van der Waals surface area contributed by atoms with Gasteiger partial charge in [0.25, 0.3) is 15.9 Å². The second kappa shape index (κ2) is 12.0. The Labute approximate surface area is 242 Å². The number of hydrogen-bond donors (Lipinski definition) is 2. The van der Waals surface area contributed by atoms with Crippen LogP contribution in [0.15, 0.2) is 47.6 Å². The minimum Gasteiger partial charge on any atom is -0.384 e. The summed E-state index contributed by atoms with van der Waals surface area (Å²) in [6.07, 6.45) is 2.67. The zero-order chi connectivity index (χ0) is 29.9. The number of hydrogen-bond acceptors (Lipinski definition) is 10. The minimum absolute atomic E-state index is 0.0373. The lowest BCUT2D eigenvalue weighted by molar-refractivity contribution is 0.0981. The lowest BCUT2D eigenvalue weighted by atomic mass is 9.90. The summed E-state index contributed by atoms with van der Waals surface area (Å²) in [5.41, 5.74) is 7.90. The summed E-state index contributed by atoms with van der Waals surface area (Å²) in [6, 6.07) is 9.57. The third-order valence-electron chi connectivity index (χ3n) is 7.79. The molecular weight excluding hydrogens is 542 g/mol. The molecule has 4 heterocycles. The van der Waals surface area contributed by atoms with Crippen LogP contribution in [-0.4, -0.2) is 68.2 Å². The monoisotopic (exact) mass is 581 g/mol. The van der Waals surface area contributed by atoms with E-state index in [4.69, 9.17) is 15.5 Å². The molecule has 220 valence electrons. The van der Waals surface area contributed by atoms with Gasteiger partial charge in [-0.05, 0) is 75.9 Å². The Morgan fingerprint density at radius 2 is 2.00 bits per heavy atom. The number of carbonyl (C=O) groups is 1. The van der Waals surface area contributed by atoms with Gasteiger partial charge in [0.2, 0.25) is 0 Å². The molecule has 0 aromatic carbocycles. The standard InChI is InChI=1S/C29H39N7O4S/c1-7-40-16-15-35(6)26-19(2)17-21(18-31-26)23-12-11-22(27(32-23)36-14-13-20(3)29(36,4)5)28(37)34-41(38,39)25-10-8-9-24(30)33-25/h8-12,17-18,20H,7,13-16H2,1-6H3,(H2,30,33)(H,34,37). The number of pyridine rings is 3. The molecule has 1 saturated heterocycles. The number of sulfonamides is 1. The van der Waals surface area contributed by atoms with E-state index in [1.807, 2.05) is 31.9 Å². The summed E-state index contributed by atoms with van der Waals surface area (Å²) >= 11 is 0. The van der Waals surface area contributed by atoms with Crippen LogP contribution in [0, 0.1) is 12.8 Å². The highest BCUT2D eigenvalue weighted by Crippen LogP contribution is 2.39. The molecule has 4 rings (SSSR count). The molecule has 1 fully saturated rings. The maximum Gasteiger partial charge on any atom is 0.281 e. The molecule has 11 nitrogen and oxygen atoms in total. The summed E-state index contributed by atoms with van der Waals surface area (Å²) in [7, 11) is -2.29. The molecule has 0 radical (unpaired) electrons. The molecule has 0 saturated carbocycles. The molecule has 12 heteroatoms. The molecule has 0 bridgehead atoms. The van der Waals surface area contributed by atoms with Crippen LogP contribution in [0.5, 0.6) is 0 Å². The van der Waals surface area contributed by atoms with E-state index in [0.29, 0.717) is 43.7 Å². The Kier molecular flexibility index (Phi) is 8.83. The number of carbonyl (C=O) groups excluding carboxylic acids is 1. The summed E-state index contributed by atoms with van der Waals surface area (Å²) in [5.74, 6) is 0.842. The normalized spacial score (nSPS) is 16.5. The number of nitrogen functional groups attached to an aromatic ring is 1. The third-order valence-corrected chi connectivity index (χ3v) is 9.03. The van der Waals surface area contributed by atoms with Gasteiger partial charge < -0.3 is 20.3 Å². The first-order valence-corrected chi connectivity index (χ1v) is 15.2. The summed E-state index contributed by atoms with van der Waals surface area (Å²) in [4.78, 5) is 31.1. The van der Waals surface area contributed by atoms with Gasteiger partial charge in [-0.1, -0.05) is 13.0 Å². The Hall–Kier alpha value is -3.77. The number of ether oxygens (including phenoxy) is 1. The molecular formula is C29H39N7O4S. The van der Waals surface area contributed by atoms with E-state index in [2.05, 4.69) is 40.4 Å². The zero-order valence-electron chi connectivity index (χ0n) is 24.5. The van der Waals surface area contributed by atoms with Crippen LogP contribution in [0.3, 0.4) is 0 Å². The van der Waals surface area contributed by atoms with Gasteiger partial charge in [0, 0.05) is 44.0 Å². The number of nitrogens with one attached hydrogen (secondary N) is 1. The van der Waals surface area contributed by atoms with Crippen LogP contribution < -0.4 is 20.3 Å². The fraction of sp³-hybridized carbons (Fsp3) is 0.448. The van der Waals surface area contributed by atoms with E-state index >= 15 is 0 Å². The third kappa shape index (κ3) is 6.43. The van der Waals surface area contributed by atoms with Gasteiger partial charge in [0.1, 0.15) is 17.5 Å². The maximum absolute atomic E-state index is 13.5. The molecule has 3 aromatic heterocycles. The summed E-state index contributed by atoms with van der Waals surface area (Å²) < 4.78 is 33.6. The zero-order valence-corrected chi connectivity index (χ0v) is 25.3. The molecule has 3 N–H and O–H groups in total. The van der Waals surface area contributed by atoms with Crippen molar-refractivity contribution in [2.75, 3.05) is 48.9 Å². The van der Waals surface area contributed by atoms with E-state index in [1.54, 1.807) is 18.3 Å². The Morgan fingerprint density at radius 3 is 2.63 bits per heavy atom. The van der Waals surface area contributed by atoms with Crippen molar-refractivity contribution in [3.05, 3.63) is 53.7 Å². The highest BCUT2D eigenvalue weighted by atomic mass is 32.2. The molecule has 1 amide bonds. The number of anilines is 3. The van der Waals surface area contributed by atoms with Gasteiger partial charge in [-0.3, -0.25) is 4.79 Å². The second-order valence-corrected chi connectivity index (χ2v) is 12.5. The summed E-state index contributed by atoms with van der Waals surface area (Å²) in [6.45, 7) is 13.0. The van der Waals surface area contributed by atoms with Crippen molar-refractivity contribution in [1.82, 2.24) is 19.7 Å². The van der Waals surface area contributed by atoms with Crippen molar-refractivity contribution in [3.8, 4) is 11.3 Å². The van der Waals surface area contributed by atoms with Crippen LogP contribution in [-0.2, 0) is 14.8 Å². The number of rotatable bonds is 10. The fourth-order valence-corrected chi connectivity index (χ4v) is 5.91. The number of aromatic nitrogens is 3. The van der Waals surface area contributed by atoms with E-state index in [9.17, 15) is 13.2 Å². The second-order valence-electron chi connectivity index (χ2n) is 10.9. The number of amides is 1. The number of likely N-dealkylation sites (N-methyl/N-ethyl adjacent to an activating group) is 1. The Morgan fingerprint density at radius 1 is 1.24 bits per heavy atom. The van der Waals surface area contributed by atoms with E-state index in [1.165, 1.54) is 18.2 Å². The van der Waals surface area contributed by atoms with Gasteiger partial charge in [-0.25, -0.2) is 19.7 Å². The number of nitrogens with two attached hydrogens (primary N) is 1. The lowest BCUT2D eigenvalue weighted by Gasteiger charge is -2.36. The summed E-state index contributed by atoms with van der Waals surface area (Å²) in [5, 5.41) is -0.333. The quantitative estimate of drug-likeness (QED) is 0.341. The van der Waals surface area contributed by atoms with Crippen LogP contribution in [0.25, 0.3) is 11.3 Å². The van der Waals surface area contributed by atoms with Crippen molar-refractivity contribution in [2.24, 2.45) is 5.92 Å². The van der Waals surface area contributed by atoms with Gasteiger partial charge >= 0.3 is 0 Å². The molecule has 1 unspecified atom stereocenters. The molecule has 1 aliphatic rings. The first-order valence-electron chi connectivity index (χ1n) is 13.7. The SMILES string of the molecule is CCOCCN(C)c1ncc(-c2ccc(C(=O)NS(=O)(=O)c3cccc(N)n3)c(N3CCC(C)C3(C)C)n2)cc1C. The van der Waals surface area contributed by atoms with E-state index in [-0.39, 0.29) is 21.9 Å². The first kappa shape index (κ1) is 30.2. The molecule has 0 aliphatic carbocycles. The predicted molar refractivity (Wildman–Crippen MR) is 160 cm³/mol. The predicted octanol–water partition coefficient (Wildman–Crippen LogP) is 3.65. The molecule has 41 heavy (non-hydrogen) atoms. The average molecular weight is 582 g/mol. The van der Waals surface area contributed by atoms with Crippen molar-refractivity contribution in [2.45, 2.75) is 51.6 Å². The van der Waals surface area contributed by atoms with Crippen molar-refractivity contribution >= 4 is 33.4 Å². The van der Waals surface area contributed by atoms with Crippen molar-refractivity contribution < 1.29 is 17.9 Å². The maximum atomic E-state index is 13.5. The molecule has 1 aliphatic heterocycles. The molecule has 1 atom stereocenters. The smallest absolute Gasteiger partial charge is 0.281 e. The van der Waals surface area contributed by atoms with Crippen molar-refractivity contribution in [3.63, 3.8) is 0 Å². The van der Waals surface area contributed by atoms with E-state index in [0.717, 1.165) is 23.4 Å². The highest BCUT2D eigenvalue weighted by molar-refractivity contribution is 7.90. The van der Waals surface area contributed by atoms with Crippen LogP contribution >= 0.6 is 0 Å². The van der Waals surface area contributed by atoms with Crippen LogP contribution in [0.4, 0.5) is 17.5 Å². The largest absolute Gasteiger partial charge is 0.384 e. The minimum atomic E-state index is -4.26. The topological polar surface area (TPSA) is 144 Å². The Balaban J connectivity index is 1.71. The molecule has 0 spiro atoms. The van der Waals surface area contributed by atoms with Gasteiger partial charge in [-0.2, -0.15) is 8.42 Å². The first-order chi connectivity index (χ1) is 19.3. The number of nitrogens with zero attached hydrogens (tertiary/aromatic N) is 5. The molecule has 3 aromatic rings. The van der Waals surface area contributed by atoms with Crippen LogP contribution in [0.1, 0.15) is 50.0 Å². The van der Waals surface area contributed by atoms with Gasteiger partial charge in [0.15, 0.2) is 5.03 Å². The van der Waals surface area contributed by atoms with Gasteiger partial charge in [-0.15, -0.1) is 0 Å². The highest BCUT2D eigenvalue weighted by Gasteiger charge is 2.41. The average Bonchev–Trinajstić information content (AvgIpc) is 3.19. The van der Waals surface area contributed by atoms with Crippen LogP contribution in [0.2, 0.25) is 0 Å². The number of aryl methyl sites for hydroxylation is 1. The van der Waals surface area contributed by atoms with E-state index < -0.39 is 15.9 Å².